The molecule has 4 rings (SSSR count). The van der Waals surface area contributed by atoms with Crippen LogP contribution in [-0.2, 0) is 16.3 Å². The van der Waals surface area contributed by atoms with E-state index in [1.165, 1.54) is 35.2 Å². The van der Waals surface area contributed by atoms with Crippen LogP contribution in [0.1, 0.15) is 5.56 Å². The minimum atomic E-state index is -4.88. The normalized spacial score (nSPS) is 20.0. The number of halogens is 3. The van der Waals surface area contributed by atoms with Crippen LogP contribution in [0.5, 0.6) is 0 Å². The van der Waals surface area contributed by atoms with Gasteiger partial charge in [-0.05, 0) is 23.8 Å². The Morgan fingerprint density at radius 3 is 2.47 bits per heavy atom. The van der Waals surface area contributed by atoms with E-state index in [-0.39, 0.29) is 18.0 Å². The average Bonchev–Trinajstić information content (AvgIpc) is 3.26. The Labute approximate surface area is 193 Å². The van der Waals surface area contributed by atoms with Crippen LogP contribution in [0.4, 0.5) is 18.0 Å². The fourth-order valence-corrected chi connectivity index (χ4v) is 5.57. The van der Waals surface area contributed by atoms with Crippen molar-refractivity contribution in [1.29, 1.82) is 0 Å². The number of carbonyl (C=O) groups is 1. The summed E-state index contributed by atoms with van der Waals surface area (Å²) in [6.45, 7) is -1.27. The van der Waals surface area contributed by atoms with Gasteiger partial charge in [0.2, 0.25) is 0 Å². The zero-order chi connectivity index (χ0) is 24.6. The highest BCUT2D eigenvalue weighted by Gasteiger charge is 2.62. The third-order valence-electron chi connectivity index (χ3n) is 6.06. The van der Waals surface area contributed by atoms with Crippen molar-refractivity contribution >= 4 is 27.0 Å². The Morgan fingerprint density at radius 2 is 1.79 bits per heavy atom. The maximum absolute atomic E-state index is 14.5. The molecule has 1 fully saturated rings. The van der Waals surface area contributed by atoms with E-state index in [1.54, 1.807) is 18.2 Å². The van der Waals surface area contributed by atoms with E-state index in [2.05, 4.69) is 15.4 Å². The van der Waals surface area contributed by atoms with Gasteiger partial charge in [0, 0.05) is 32.6 Å². The number of carboxylic acid groups (broad SMARTS) is 1. The Morgan fingerprint density at radius 1 is 1.09 bits per heavy atom. The first-order valence-corrected chi connectivity index (χ1v) is 12.0. The molecule has 1 aliphatic heterocycles. The van der Waals surface area contributed by atoms with Crippen molar-refractivity contribution in [2.75, 3.05) is 31.9 Å². The van der Waals surface area contributed by atoms with Gasteiger partial charge in [-0.25, -0.2) is 13.2 Å². The highest BCUT2D eigenvalue weighted by atomic mass is 32.2. The molecule has 1 aliphatic rings. The number of hydrogen-bond donors (Lipinski definition) is 2. The summed E-state index contributed by atoms with van der Waals surface area (Å²) in [5.74, 6) is -0.428. The van der Waals surface area contributed by atoms with Crippen LogP contribution in [0.2, 0.25) is 0 Å². The van der Waals surface area contributed by atoms with Crippen molar-refractivity contribution in [1.82, 2.24) is 25.2 Å². The Hall–Kier alpha value is -3.19. The largest absolute Gasteiger partial charge is 0.465 e. The molecule has 9 nitrogen and oxygen atoms in total. The summed E-state index contributed by atoms with van der Waals surface area (Å²) in [7, 11) is -3.83. The highest BCUT2D eigenvalue weighted by molar-refractivity contribution is 7.91. The fourth-order valence-electron chi connectivity index (χ4n) is 4.27. The summed E-state index contributed by atoms with van der Waals surface area (Å²) in [6.07, 6.45) is -7.12. The first-order valence-electron chi connectivity index (χ1n) is 10.4. The fraction of sp³-hybridized carbons (Fsp3) is 0.381. The van der Waals surface area contributed by atoms with Gasteiger partial charge in [-0.3, -0.25) is 9.80 Å². The molecule has 0 spiro atoms. The quantitative estimate of drug-likeness (QED) is 0.537. The Bertz CT molecular complexity index is 1280. The lowest BCUT2D eigenvalue weighted by Gasteiger charge is -2.50. The standard InChI is InChI=1S/C21H22F3N5O4S/c22-21(23,24)20(13-15-4-2-1-3-5-15)14-28(8-9-29(20)19(30)31)10-11-34(32,33)16-6-7-17-18(12-16)26-27-25-17/h1-7,12H,8-11,13-14H2,(H,30,31)(H,25,26,27). The lowest BCUT2D eigenvalue weighted by atomic mass is 9.85. The average molecular weight is 497 g/mol. The summed E-state index contributed by atoms with van der Waals surface area (Å²) in [5, 5.41) is 19.7. The van der Waals surface area contributed by atoms with Crippen LogP contribution in [0, 0.1) is 0 Å². The molecule has 3 aromatic rings. The number of sulfone groups is 1. The minimum Gasteiger partial charge on any atom is -0.465 e. The summed E-state index contributed by atoms with van der Waals surface area (Å²) >= 11 is 0. The zero-order valence-electron chi connectivity index (χ0n) is 17.9. The SMILES string of the molecule is O=C(O)N1CCN(CCS(=O)(=O)c2ccc3n[nH]nc3c2)CC1(Cc1ccccc1)C(F)(F)F. The molecule has 0 saturated carbocycles. The van der Waals surface area contributed by atoms with Crippen molar-refractivity contribution in [3.05, 3.63) is 54.1 Å². The second-order valence-electron chi connectivity index (χ2n) is 8.20. The van der Waals surface area contributed by atoms with Gasteiger partial charge in [0.05, 0.1) is 10.6 Å². The lowest BCUT2D eigenvalue weighted by molar-refractivity contribution is -0.239. The van der Waals surface area contributed by atoms with E-state index in [0.717, 1.165) is 0 Å². The topological polar surface area (TPSA) is 119 Å². The van der Waals surface area contributed by atoms with Crippen molar-refractivity contribution < 1.29 is 31.5 Å². The number of fused-ring (bicyclic) bond motifs is 1. The second-order valence-corrected chi connectivity index (χ2v) is 10.3. The number of aromatic nitrogens is 3. The van der Waals surface area contributed by atoms with E-state index in [1.807, 2.05) is 0 Å². The summed E-state index contributed by atoms with van der Waals surface area (Å²) in [6, 6.07) is 12.1. The van der Waals surface area contributed by atoms with Gasteiger partial charge in [0.15, 0.2) is 15.4 Å². The van der Waals surface area contributed by atoms with Crippen LogP contribution >= 0.6 is 0 Å². The monoisotopic (exact) mass is 497 g/mol. The Kier molecular flexibility index (Phi) is 6.25. The summed E-state index contributed by atoms with van der Waals surface area (Å²) < 4.78 is 69.1. The molecule has 2 heterocycles. The van der Waals surface area contributed by atoms with E-state index < -0.39 is 52.9 Å². The van der Waals surface area contributed by atoms with Crippen molar-refractivity contribution in [2.24, 2.45) is 0 Å². The number of hydrogen-bond acceptors (Lipinski definition) is 6. The van der Waals surface area contributed by atoms with E-state index in [9.17, 15) is 31.5 Å². The van der Waals surface area contributed by atoms with Gasteiger partial charge in [-0.1, -0.05) is 30.3 Å². The van der Waals surface area contributed by atoms with E-state index >= 15 is 0 Å². The molecule has 0 bridgehead atoms. The number of nitrogens with one attached hydrogen (secondary N) is 1. The molecular formula is C21H22F3N5O4S. The smallest absolute Gasteiger partial charge is 0.413 e. The molecule has 1 unspecified atom stereocenters. The second kappa shape index (κ2) is 8.87. The maximum atomic E-state index is 14.5. The molecule has 13 heteroatoms. The first kappa shape index (κ1) is 24.0. The van der Waals surface area contributed by atoms with E-state index in [0.29, 0.717) is 21.5 Å². The number of amides is 1. The van der Waals surface area contributed by atoms with Crippen molar-refractivity contribution in [2.45, 2.75) is 23.0 Å². The minimum absolute atomic E-state index is 0.00978. The first-order chi connectivity index (χ1) is 16.0. The summed E-state index contributed by atoms with van der Waals surface area (Å²) in [4.78, 5) is 13.6. The molecule has 1 amide bonds. The molecule has 34 heavy (non-hydrogen) atoms. The molecule has 1 atom stereocenters. The number of piperazine rings is 1. The third kappa shape index (κ3) is 4.57. The predicted molar refractivity (Wildman–Crippen MR) is 116 cm³/mol. The number of nitrogens with zero attached hydrogens (tertiary/aromatic N) is 4. The molecule has 2 N–H and O–H groups in total. The zero-order valence-corrected chi connectivity index (χ0v) is 18.7. The molecule has 0 radical (unpaired) electrons. The molecule has 1 saturated heterocycles. The van der Waals surface area contributed by atoms with Crippen LogP contribution < -0.4 is 0 Å². The van der Waals surface area contributed by atoms with Gasteiger partial charge in [0.25, 0.3) is 0 Å². The highest BCUT2D eigenvalue weighted by Crippen LogP contribution is 2.41. The van der Waals surface area contributed by atoms with Crippen molar-refractivity contribution in [3.63, 3.8) is 0 Å². The van der Waals surface area contributed by atoms with Gasteiger partial charge in [-0.2, -0.15) is 28.6 Å². The number of alkyl halides is 3. The van der Waals surface area contributed by atoms with Crippen LogP contribution in [0.25, 0.3) is 11.0 Å². The van der Waals surface area contributed by atoms with Crippen LogP contribution in [0.3, 0.4) is 0 Å². The van der Waals surface area contributed by atoms with Gasteiger partial charge in [-0.15, -0.1) is 0 Å². The predicted octanol–water partition coefficient (Wildman–Crippen LogP) is 2.57. The number of rotatable bonds is 6. The number of aromatic amines is 1. The van der Waals surface area contributed by atoms with Gasteiger partial charge >= 0.3 is 12.3 Å². The molecule has 182 valence electrons. The van der Waals surface area contributed by atoms with Gasteiger partial charge in [0.1, 0.15) is 11.0 Å². The summed E-state index contributed by atoms with van der Waals surface area (Å²) in [5.41, 5.74) is -1.53. The maximum Gasteiger partial charge on any atom is 0.413 e. The number of benzene rings is 2. The van der Waals surface area contributed by atoms with Crippen LogP contribution in [-0.4, -0.2) is 88.5 Å². The van der Waals surface area contributed by atoms with Gasteiger partial charge < -0.3 is 5.11 Å². The molecule has 1 aromatic heterocycles. The molecule has 0 aliphatic carbocycles. The third-order valence-corrected chi connectivity index (χ3v) is 7.75. The van der Waals surface area contributed by atoms with Crippen LogP contribution in [0.15, 0.2) is 53.4 Å². The Balaban J connectivity index is 1.57. The number of H-pyrrole nitrogens is 1. The molecule has 2 aromatic carbocycles. The van der Waals surface area contributed by atoms with Crippen molar-refractivity contribution in [3.8, 4) is 0 Å². The molecular weight excluding hydrogens is 475 g/mol. The van der Waals surface area contributed by atoms with E-state index in [4.69, 9.17) is 0 Å². The lowest BCUT2D eigenvalue weighted by Crippen LogP contribution is -2.71.